The second-order valence-corrected chi connectivity index (χ2v) is 7.47. The van der Waals surface area contributed by atoms with Gasteiger partial charge in [-0.1, -0.05) is 6.42 Å². The average Bonchev–Trinajstić information content (AvgIpc) is 2.95. The first kappa shape index (κ1) is 15.5. The van der Waals surface area contributed by atoms with E-state index in [1.807, 2.05) is 23.7 Å². The van der Waals surface area contributed by atoms with Crippen molar-refractivity contribution in [1.82, 2.24) is 24.8 Å². The average molecular weight is 349 g/mol. The molecule has 4 heterocycles. The zero-order valence-electron chi connectivity index (χ0n) is 15.2. The summed E-state index contributed by atoms with van der Waals surface area (Å²) < 4.78 is 1.95. The molecule has 26 heavy (non-hydrogen) atoms. The Morgan fingerprint density at radius 3 is 2.69 bits per heavy atom. The number of pyridine rings is 1. The van der Waals surface area contributed by atoms with Crippen molar-refractivity contribution in [1.29, 1.82) is 0 Å². The van der Waals surface area contributed by atoms with E-state index >= 15 is 0 Å². The molecule has 7 heteroatoms. The van der Waals surface area contributed by atoms with Crippen molar-refractivity contribution in [3.8, 4) is 0 Å². The predicted molar refractivity (Wildman–Crippen MR) is 101 cm³/mol. The Kier molecular flexibility index (Phi) is 3.55. The van der Waals surface area contributed by atoms with Crippen molar-refractivity contribution in [3.05, 3.63) is 42.0 Å². The number of aryl methyl sites for hydroxylation is 1. The molecule has 2 aliphatic rings. The van der Waals surface area contributed by atoms with E-state index < -0.39 is 0 Å². The molecule has 1 aliphatic heterocycles. The van der Waals surface area contributed by atoms with Crippen LogP contribution in [0.3, 0.4) is 0 Å². The largest absolute Gasteiger partial charge is 0.368 e. The van der Waals surface area contributed by atoms with Gasteiger partial charge in [0.05, 0.1) is 6.04 Å². The fourth-order valence-electron chi connectivity index (χ4n) is 3.73. The summed E-state index contributed by atoms with van der Waals surface area (Å²) in [6, 6.07) is 8.78. The van der Waals surface area contributed by atoms with E-state index in [4.69, 9.17) is 5.10 Å². The normalized spacial score (nSPS) is 18.0. The van der Waals surface area contributed by atoms with Crippen molar-refractivity contribution in [3.63, 3.8) is 0 Å². The second kappa shape index (κ2) is 5.93. The number of nitrogens with zero attached hydrogens (tertiary/aromatic N) is 7. The van der Waals surface area contributed by atoms with Crippen molar-refractivity contribution in [2.24, 2.45) is 0 Å². The van der Waals surface area contributed by atoms with Crippen molar-refractivity contribution < 1.29 is 0 Å². The van der Waals surface area contributed by atoms with E-state index in [0.717, 1.165) is 36.1 Å². The van der Waals surface area contributed by atoms with Crippen molar-refractivity contribution in [2.45, 2.75) is 38.1 Å². The Morgan fingerprint density at radius 1 is 1.12 bits per heavy atom. The van der Waals surface area contributed by atoms with E-state index in [1.54, 1.807) is 0 Å². The highest BCUT2D eigenvalue weighted by atomic mass is 15.4. The first-order chi connectivity index (χ1) is 12.7. The molecule has 3 aromatic heterocycles. The maximum atomic E-state index is 4.83. The summed E-state index contributed by atoms with van der Waals surface area (Å²) in [5.41, 5.74) is 3.11. The van der Waals surface area contributed by atoms with Crippen LogP contribution in [0.1, 0.15) is 36.7 Å². The molecule has 3 aromatic rings. The third-order valence-electron chi connectivity index (χ3n) is 5.76. The molecule has 0 N–H and O–H groups in total. The number of fused-ring (bicyclic) bond motifs is 1. The zero-order chi connectivity index (χ0) is 17.7. The van der Waals surface area contributed by atoms with Crippen LogP contribution in [0.15, 0.2) is 30.5 Å². The van der Waals surface area contributed by atoms with Gasteiger partial charge in [-0.3, -0.25) is 4.98 Å². The highest BCUT2D eigenvalue weighted by Gasteiger charge is 2.32. The van der Waals surface area contributed by atoms with Crippen LogP contribution >= 0.6 is 0 Å². The van der Waals surface area contributed by atoms with Crippen LogP contribution in [-0.2, 0) is 0 Å². The van der Waals surface area contributed by atoms with Crippen LogP contribution < -0.4 is 9.80 Å². The Hall–Kier alpha value is -2.70. The van der Waals surface area contributed by atoms with Crippen molar-refractivity contribution in [2.75, 3.05) is 29.9 Å². The first-order valence-electron chi connectivity index (χ1n) is 9.32. The lowest BCUT2D eigenvalue weighted by atomic mass is 9.85. The maximum Gasteiger partial charge on any atom is 0.178 e. The molecule has 0 atom stereocenters. The molecule has 0 amide bonds. The van der Waals surface area contributed by atoms with E-state index in [9.17, 15) is 0 Å². The summed E-state index contributed by atoms with van der Waals surface area (Å²) in [7, 11) is 2.15. The fraction of sp³-hybridized carbons (Fsp3) is 0.474. The van der Waals surface area contributed by atoms with Gasteiger partial charge in [0.25, 0.3) is 0 Å². The summed E-state index contributed by atoms with van der Waals surface area (Å²) in [6.45, 7) is 3.97. The van der Waals surface area contributed by atoms with Gasteiger partial charge in [0.15, 0.2) is 11.5 Å². The molecule has 2 fully saturated rings. The van der Waals surface area contributed by atoms with Gasteiger partial charge >= 0.3 is 0 Å². The molecule has 5 rings (SSSR count). The summed E-state index contributed by atoms with van der Waals surface area (Å²) in [6.07, 6.45) is 5.57. The maximum absolute atomic E-state index is 4.83. The van der Waals surface area contributed by atoms with Crippen LogP contribution in [0.5, 0.6) is 0 Å². The topological polar surface area (TPSA) is 62.5 Å². The molecule has 0 radical (unpaired) electrons. The molecule has 1 saturated heterocycles. The van der Waals surface area contributed by atoms with Gasteiger partial charge in [0.2, 0.25) is 0 Å². The Labute approximate surface area is 152 Å². The molecule has 134 valence electrons. The Bertz CT molecular complexity index is 940. The lowest BCUT2D eigenvalue weighted by Gasteiger charge is -2.45. The molecule has 0 bridgehead atoms. The standard InChI is InChI=1S/C19H23N7/c1-13-10-15(8-9-20-13)24(2)16-11-25(12-16)18-7-6-17-21-22-19(26(17)23-18)14-4-3-5-14/h6-10,14,16H,3-5,11-12H2,1-2H3. The van der Waals surface area contributed by atoms with E-state index in [0.29, 0.717) is 12.0 Å². The minimum atomic E-state index is 0.487. The van der Waals surface area contributed by atoms with Gasteiger partial charge < -0.3 is 9.80 Å². The molecule has 0 unspecified atom stereocenters. The molecule has 7 nitrogen and oxygen atoms in total. The minimum absolute atomic E-state index is 0.487. The molecular formula is C19H23N7. The van der Waals surface area contributed by atoms with E-state index in [2.05, 4.69) is 50.2 Å². The summed E-state index contributed by atoms with van der Waals surface area (Å²) in [4.78, 5) is 8.94. The van der Waals surface area contributed by atoms with Gasteiger partial charge in [-0.25, -0.2) is 0 Å². The van der Waals surface area contributed by atoms with Gasteiger partial charge in [-0.15, -0.1) is 15.3 Å². The molecule has 1 saturated carbocycles. The summed E-state index contributed by atoms with van der Waals surface area (Å²) in [5, 5.41) is 13.5. The number of aromatic nitrogens is 5. The van der Waals surface area contributed by atoms with E-state index in [1.165, 1.54) is 24.9 Å². The lowest BCUT2D eigenvalue weighted by molar-refractivity contribution is 0.394. The first-order valence-corrected chi connectivity index (χ1v) is 9.32. The zero-order valence-corrected chi connectivity index (χ0v) is 15.2. The smallest absolute Gasteiger partial charge is 0.178 e. The highest BCUT2D eigenvalue weighted by molar-refractivity contribution is 5.53. The fourth-order valence-corrected chi connectivity index (χ4v) is 3.73. The molecular weight excluding hydrogens is 326 g/mol. The molecule has 1 aliphatic carbocycles. The van der Waals surface area contributed by atoms with Crippen LogP contribution in [-0.4, -0.2) is 51.0 Å². The summed E-state index contributed by atoms with van der Waals surface area (Å²) in [5.74, 6) is 2.56. The van der Waals surface area contributed by atoms with Crippen LogP contribution in [0.2, 0.25) is 0 Å². The third kappa shape index (κ3) is 2.50. The monoisotopic (exact) mass is 349 g/mol. The van der Waals surface area contributed by atoms with Crippen LogP contribution in [0, 0.1) is 6.92 Å². The molecule has 0 aromatic carbocycles. The number of likely N-dealkylation sites (N-methyl/N-ethyl adjacent to an activating group) is 1. The highest BCUT2D eigenvalue weighted by Crippen LogP contribution is 2.35. The van der Waals surface area contributed by atoms with E-state index in [-0.39, 0.29) is 0 Å². The second-order valence-electron chi connectivity index (χ2n) is 7.47. The van der Waals surface area contributed by atoms with Gasteiger partial charge in [-0.2, -0.15) is 4.52 Å². The van der Waals surface area contributed by atoms with Crippen LogP contribution in [0.4, 0.5) is 11.5 Å². The summed E-state index contributed by atoms with van der Waals surface area (Å²) >= 11 is 0. The van der Waals surface area contributed by atoms with Crippen LogP contribution in [0.25, 0.3) is 5.65 Å². The minimum Gasteiger partial charge on any atom is -0.368 e. The lowest BCUT2D eigenvalue weighted by Crippen LogP contribution is -2.59. The third-order valence-corrected chi connectivity index (χ3v) is 5.76. The Balaban J connectivity index is 1.32. The Morgan fingerprint density at radius 2 is 1.96 bits per heavy atom. The number of hydrogen-bond acceptors (Lipinski definition) is 6. The van der Waals surface area contributed by atoms with Gasteiger partial charge in [-0.05, 0) is 44.0 Å². The number of anilines is 2. The molecule has 0 spiro atoms. The van der Waals surface area contributed by atoms with Crippen molar-refractivity contribution >= 4 is 17.2 Å². The number of hydrogen-bond donors (Lipinski definition) is 0. The van der Waals surface area contributed by atoms with Gasteiger partial charge in [0.1, 0.15) is 5.82 Å². The quantitative estimate of drug-likeness (QED) is 0.721. The predicted octanol–water partition coefficient (Wildman–Crippen LogP) is 2.42. The SMILES string of the molecule is Cc1cc(N(C)C2CN(c3ccc4nnc(C5CCC5)n4n3)C2)ccn1. The van der Waals surface area contributed by atoms with Gasteiger partial charge in [0, 0.05) is 43.6 Å². The number of rotatable bonds is 4.